The second kappa shape index (κ2) is 5.44. The van der Waals surface area contributed by atoms with Gasteiger partial charge in [-0.15, -0.1) is 0 Å². The van der Waals surface area contributed by atoms with Crippen molar-refractivity contribution in [2.24, 2.45) is 5.84 Å². The molecule has 1 aromatic carbocycles. The molecule has 0 saturated heterocycles. The van der Waals surface area contributed by atoms with Gasteiger partial charge in [0.25, 0.3) is 0 Å². The van der Waals surface area contributed by atoms with E-state index in [2.05, 4.69) is 10.4 Å². The molecule has 0 radical (unpaired) electrons. The lowest BCUT2D eigenvalue weighted by molar-refractivity contribution is 0.558. The molecule has 2 rings (SSSR count). The van der Waals surface area contributed by atoms with Crippen LogP contribution in [0, 0.1) is 12.7 Å². The lowest BCUT2D eigenvalue weighted by atomic mass is 9.96. The number of aryl methyl sites for hydroxylation is 1. The van der Waals surface area contributed by atoms with E-state index in [0.29, 0.717) is 10.6 Å². The molecule has 94 valence electrons. The van der Waals surface area contributed by atoms with Gasteiger partial charge in [-0.25, -0.2) is 9.82 Å². The number of hydrogen-bond acceptors (Lipinski definition) is 3. The molecule has 3 nitrogen and oxygen atoms in total. The van der Waals surface area contributed by atoms with Crippen molar-refractivity contribution < 1.29 is 4.39 Å². The van der Waals surface area contributed by atoms with Crippen molar-refractivity contribution in [2.45, 2.75) is 13.0 Å². The lowest BCUT2D eigenvalue weighted by Crippen LogP contribution is -2.30. The number of nitrogens with one attached hydrogen (secondary N) is 1. The van der Waals surface area contributed by atoms with Crippen LogP contribution in [0.5, 0.6) is 0 Å². The van der Waals surface area contributed by atoms with Crippen molar-refractivity contribution in [3.05, 3.63) is 64.2 Å². The number of benzene rings is 1. The Balaban J connectivity index is 2.49. The molecule has 0 bridgehead atoms. The number of hydrogen-bond donors (Lipinski definition) is 2. The largest absolute Gasteiger partial charge is 0.271 e. The predicted molar refractivity (Wildman–Crippen MR) is 69.6 cm³/mol. The first-order valence-electron chi connectivity index (χ1n) is 5.45. The molecule has 3 N–H and O–H groups in total. The molecular weight excluding hydrogens is 253 g/mol. The Labute approximate surface area is 110 Å². The van der Waals surface area contributed by atoms with Crippen LogP contribution >= 0.6 is 11.6 Å². The Morgan fingerprint density at radius 3 is 2.72 bits per heavy atom. The molecule has 0 saturated carbocycles. The molecule has 1 aromatic heterocycles. The predicted octanol–water partition coefficient (Wildman–Crippen LogP) is 2.74. The number of nitrogens with two attached hydrogens (primary N) is 1. The number of hydrazine groups is 1. The minimum Gasteiger partial charge on any atom is -0.271 e. The highest BCUT2D eigenvalue weighted by atomic mass is 35.5. The second-order valence-corrected chi connectivity index (χ2v) is 4.43. The number of rotatable bonds is 3. The fraction of sp³-hybridized carbons (Fsp3) is 0.154. The summed E-state index contributed by atoms with van der Waals surface area (Å²) >= 11 is 5.74. The highest BCUT2D eigenvalue weighted by Gasteiger charge is 2.18. The van der Waals surface area contributed by atoms with Gasteiger partial charge in [0.1, 0.15) is 5.82 Å². The van der Waals surface area contributed by atoms with E-state index in [1.54, 1.807) is 24.5 Å². The maximum absolute atomic E-state index is 13.9. The Bertz CT molecular complexity index is 560. The highest BCUT2D eigenvalue weighted by molar-refractivity contribution is 6.30. The summed E-state index contributed by atoms with van der Waals surface area (Å²) in [4.78, 5) is 4.01. The number of aromatic nitrogens is 1. The molecule has 5 heteroatoms. The summed E-state index contributed by atoms with van der Waals surface area (Å²) < 4.78 is 13.9. The zero-order valence-electron chi connectivity index (χ0n) is 9.82. The molecule has 0 aliphatic rings. The van der Waals surface area contributed by atoms with Gasteiger partial charge in [0.05, 0.1) is 6.04 Å². The monoisotopic (exact) mass is 265 g/mol. The van der Waals surface area contributed by atoms with Crippen LogP contribution in [0.2, 0.25) is 5.02 Å². The summed E-state index contributed by atoms with van der Waals surface area (Å²) in [6.07, 6.45) is 3.37. The maximum Gasteiger partial charge on any atom is 0.129 e. The van der Waals surface area contributed by atoms with Gasteiger partial charge in [0.15, 0.2) is 0 Å². The zero-order chi connectivity index (χ0) is 13.1. The van der Waals surface area contributed by atoms with Crippen LogP contribution in [0.15, 0.2) is 36.7 Å². The van der Waals surface area contributed by atoms with Crippen molar-refractivity contribution in [2.75, 3.05) is 0 Å². The zero-order valence-corrected chi connectivity index (χ0v) is 10.6. The van der Waals surface area contributed by atoms with E-state index in [1.165, 1.54) is 6.07 Å². The lowest BCUT2D eigenvalue weighted by Gasteiger charge is -2.19. The van der Waals surface area contributed by atoms with Gasteiger partial charge in [0, 0.05) is 23.0 Å². The molecule has 0 aliphatic heterocycles. The van der Waals surface area contributed by atoms with Gasteiger partial charge in [0.2, 0.25) is 0 Å². The van der Waals surface area contributed by atoms with Gasteiger partial charge in [-0.2, -0.15) is 0 Å². The minimum atomic E-state index is -0.426. The molecule has 1 atom stereocenters. The third kappa shape index (κ3) is 2.51. The van der Waals surface area contributed by atoms with Crippen molar-refractivity contribution in [3.8, 4) is 0 Å². The van der Waals surface area contributed by atoms with Gasteiger partial charge in [-0.1, -0.05) is 17.7 Å². The summed E-state index contributed by atoms with van der Waals surface area (Å²) in [5, 5.41) is 0.360. The average molecular weight is 266 g/mol. The fourth-order valence-electron chi connectivity index (χ4n) is 1.89. The number of nitrogens with zero attached hydrogens (tertiary/aromatic N) is 1. The van der Waals surface area contributed by atoms with Gasteiger partial charge in [-0.3, -0.25) is 10.8 Å². The Hall–Kier alpha value is -1.49. The van der Waals surface area contributed by atoms with Crippen LogP contribution in [0.1, 0.15) is 22.7 Å². The summed E-state index contributed by atoms with van der Waals surface area (Å²) in [6, 6.07) is 5.93. The first-order valence-corrected chi connectivity index (χ1v) is 5.83. The van der Waals surface area contributed by atoms with E-state index < -0.39 is 6.04 Å². The van der Waals surface area contributed by atoms with Gasteiger partial charge in [-0.05, 0) is 36.2 Å². The van der Waals surface area contributed by atoms with E-state index in [4.69, 9.17) is 17.4 Å². The van der Waals surface area contributed by atoms with Crippen LogP contribution in [0.25, 0.3) is 0 Å². The maximum atomic E-state index is 13.9. The van der Waals surface area contributed by atoms with Crippen molar-refractivity contribution in [1.82, 2.24) is 10.4 Å². The van der Waals surface area contributed by atoms with E-state index in [0.717, 1.165) is 11.1 Å². The van der Waals surface area contributed by atoms with Crippen LogP contribution in [-0.4, -0.2) is 4.98 Å². The quantitative estimate of drug-likeness (QED) is 0.663. The molecule has 1 unspecified atom stereocenters. The molecular formula is C13H13ClFN3. The molecule has 1 heterocycles. The number of pyridine rings is 1. The molecule has 18 heavy (non-hydrogen) atoms. The Morgan fingerprint density at radius 1 is 1.33 bits per heavy atom. The standard InChI is InChI=1S/C13H13ClFN3/c1-8-7-17-5-4-10(8)13(18-16)11-3-2-9(14)6-12(11)15/h2-7,13,18H,16H2,1H3. The van der Waals surface area contributed by atoms with Crippen LogP contribution < -0.4 is 11.3 Å². The van der Waals surface area contributed by atoms with Crippen molar-refractivity contribution >= 4 is 11.6 Å². The SMILES string of the molecule is Cc1cnccc1C(NN)c1ccc(Cl)cc1F. The Morgan fingerprint density at radius 2 is 2.11 bits per heavy atom. The summed E-state index contributed by atoms with van der Waals surface area (Å²) in [5.74, 6) is 5.16. The van der Waals surface area contributed by atoms with Crippen molar-refractivity contribution in [1.29, 1.82) is 0 Å². The van der Waals surface area contributed by atoms with E-state index >= 15 is 0 Å². The van der Waals surface area contributed by atoms with E-state index in [-0.39, 0.29) is 5.82 Å². The summed E-state index contributed by atoms with van der Waals surface area (Å²) in [7, 11) is 0. The van der Waals surface area contributed by atoms with E-state index in [9.17, 15) is 4.39 Å². The minimum absolute atomic E-state index is 0.360. The normalized spacial score (nSPS) is 12.4. The topological polar surface area (TPSA) is 50.9 Å². The van der Waals surface area contributed by atoms with Crippen LogP contribution in [0.3, 0.4) is 0 Å². The fourth-order valence-corrected chi connectivity index (χ4v) is 2.05. The third-order valence-electron chi connectivity index (χ3n) is 2.81. The van der Waals surface area contributed by atoms with E-state index in [1.807, 2.05) is 13.0 Å². The van der Waals surface area contributed by atoms with Crippen LogP contribution in [0.4, 0.5) is 4.39 Å². The average Bonchev–Trinajstić information content (AvgIpc) is 2.34. The Kier molecular flexibility index (Phi) is 3.91. The molecule has 0 amide bonds. The smallest absolute Gasteiger partial charge is 0.129 e. The molecule has 2 aromatic rings. The molecule has 0 fully saturated rings. The van der Waals surface area contributed by atoms with Crippen LogP contribution in [-0.2, 0) is 0 Å². The summed E-state index contributed by atoms with van der Waals surface area (Å²) in [5.41, 5.74) is 4.90. The first kappa shape index (κ1) is 13.0. The second-order valence-electron chi connectivity index (χ2n) is 4.00. The van der Waals surface area contributed by atoms with Gasteiger partial charge >= 0.3 is 0 Å². The van der Waals surface area contributed by atoms with Crippen molar-refractivity contribution in [3.63, 3.8) is 0 Å². The summed E-state index contributed by atoms with van der Waals surface area (Å²) in [6.45, 7) is 1.90. The molecule has 0 aliphatic carbocycles. The van der Waals surface area contributed by atoms with Gasteiger partial charge < -0.3 is 0 Å². The third-order valence-corrected chi connectivity index (χ3v) is 3.05. The first-order chi connectivity index (χ1) is 8.63. The molecule has 0 spiro atoms. The number of halogens is 2. The highest BCUT2D eigenvalue weighted by Crippen LogP contribution is 2.27.